The number of allylic oxidation sites excluding steroid dienone is 2. The predicted molar refractivity (Wildman–Crippen MR) is 85.5 cm³/mol. The first-order valence-electron chi connectivity index (χ1n) is 8.19. The van der Waals surface area contributed by atoms with Gasteiger partial charge < -0.3 is 0 Å². The number of hydrogen-bond acceptors (Lipinski definition) is 3. The van der Waals surface area contributed by atoms with Crippen LogP contribution in [0.4, 0.5) is 0 Å². The molecule has 0 radical (unpaired) electrons. The zero-order chi connectivity index (χ0) is 16.6. The van der Waals surface area contributed by atoms with Crippen LogP contribution in [-0.4, -0.2) is 22.7 Å². The Hall–Kier alpha value is -2.14. The molecule has 122 valence electrons. The summed E-state index contributed by atoms with van der Waals surface area (Å²) in [4.78, 5) is 37.9. The van der Waals surface area contributed by atoms with Gasteiger partial charge in [0.05, 0.1) is 11.8 Å². The zero-order valence-electron chi connectivity index (χ0n) is 12.7. The second-order valence-electron chi connectivity index (χ2n) is 7.11. The Balaban J connectivity index is 1.40. The van der Waals surface area contributed by atoms with Crippen LogP contribution in [-0.2, 0) is 9.59 Å². The predicted octanol–water partition coefficient (Wildman–Crippen LogP) is 2.04. The summed E-state index contributed by atoms with van der Waals surface area (Å²) in [6.45, 7) is 0. The number of benzene rings is 1. The molecule has 24 heavy (non-hydrogen) atoms. The van der Waals surface area contributed by atoms with E-state index in [1.807, 2.05) is 0 Å². The molecule has 1 aromatic rings. The van der Waals surface area contributed by atoms with Gasteiger partial charge in [0.25, 0.3) is 17.7 Å². The van der Waals surface area contributed by atoms with Crippen LogP contribution in [0, 0.1) is 35.5 Å². The van der Waals surface area contributed by atoms with E-state index in [9.17, 15) is 14.4 Å². The first kappa shape index (κ1) is 14.2. The minimum absolute atomic E-state index is 0.152. The summed E-state index contributed by atoms with van der Waals surface area (Å²) in [5.41, 5.74) is 2.85. The highest BCUT2D eigenvalue weighted by Crippen LogP contribution is 2.65. The van der Waals surface area contributed by atoms with Crippen LogP contribution < -0.4 is 5.43 Å². The van der Waals surface area contributed by atoms with Crippen molar-refractivity contribution in [3.8, 4) is 0 Å². The van der Waals surface area contributed by atoms with Gasteiger partial charge in [0, 0.05) is 10.6 Å². The van der Waals surface area contributed by atoms with Crippen molar-refractivity contribution in [3.63, 3.8) is 0 Å². The minimum Gasteiger partial charge on any atom is -0.272 e. The number of imide groups is 1. The fourth-order valence-corrected chi connectivity index (χ4v) is 4.96. The topological polar surface area (TPSA) is 66.5 Å². The van der Waals surface area contributed by atoms with Crippen molar-refractivity contribution in [1.29, 1.82) is 0 Å². The molecule has 3 fully saturated rings. The lowest BCUT2D eigenvalue weighted by atomic mass is 9.63. The molecule has 1 N–H and O–H groups in total. The van der Waals surface area contributed by atoms with Gasteiger partial charge in [0.15, 0.2) is 0 Å². The van der Waals surface area contributed by atoms with E-state index < -0.39 is 5.91 Å². The normalized spacial score (nSPS) is 38.1. The number of halogens is 1. The number of carbonyl (C=O) groups is 3. The fourth-order valence-electron chi connectivity index (χ4n) is 4.83. The molecule has 1 aliphatic heterocycles. The van der Waals surface area contributed by atoms with Gasteiger partial charge in [-0.05, 0) is 54.4 Å². The molecule has 4 aliphatic carbocycles. The molecule has 1 saturated heterocycles. The van der Waals surface area contributed by atoms with Gasteiger partial charge >= 0.3 is 0 Å². The van der Waals surface area contributed by atoms with Crippen molar-refractivity contribution in [1.82, 2.24) is 10.4 Å². The smallest absolute Gasteiger partial charge is 0.270 e. The maximum Gasteiger partial charge on any atom is 0.270 e. The average molecular weight is 343 g/mol. The number of amides is 3. The van der Waals surface area contributed by atoms with E-state index in [0.29, 0.717) is 22.4 Å². The van der Waals surface area contributed by atoms with Gasteiger partial charge in [-0.3, -0.25) is 19.8 Å². The van der Waals surface area contributed by atoms with E-state index in [1.165, 1.54) is 0 Å². The molecule has 6 rings (SSSR count). The van der Waals surface area contributed by atoms with E-state index in [0.717, 1.165) is 11.4 Å². The fraction of sp³-hybridized carbons (Fsp3) is 0.389. The molecule has 5 nitrogen and oxygen atoms in total. The van der Waals surface area contributed by atoms with Gasteiger partial charge in [0.2, 0.25) is 0 Å². The lowest BCUT2D eigenvalue weighted by Crippen LogP contribution is -2.46. The zero-order valence-corrected chi connectivity index (χ0v) is 13.4. The van der Waals surface area contributed by atoms with Crippen LogP contribution in [0.2, 0.25) is 5.02 Å². The molecule has 6 atom stereocenters. The highest BCUT2D eigenvalue weighted by atomic mass is 35.5. The third-order valence-corrected chi connectivity index (χ3v) is 6.23. The second kappa shape index (κ2) is 4.70. The van der Waals surface area contributed by atoms with E-state index in [-0.39, 0.29) is 35.5 Å². The Morgan fingerprint density at radius 2 is 1.54 bits per heavy atom. The van der Waals surface area contributed by atoms with Crippen LogP contribution in [0.15, 0.2) is 36.4 Å². The molecule has 1 heterocycles. The molecular formula is C18H15ClN2O3. The maximum absolute atomic E-state index is 12.8. The molecule has 1 aromatic carbocycles. The minimum atomic E-state index is -0.475. The number of carbonyl (C=O) groups excluding carboxylic acids is 3. The second-order valence-corrected chi connectivity index (χ2v) is 7.55. The summed E-state index contributed by atoms with van der Waals surface area (Å²) in [7, 11) is 0. The quantitative estimate of drug-likeness (QED) is 0.660. The standard InChI is InChI=1S/C18H15ClN2O3/c19-9-3-1-8(2-4-9)16(22)20-21-17(23)14-10-5-6-11(13-7-12(10)13)15(14)18(21)24/h1-6,10-15H,7H2,(H,20,22)/t10-,11-,12-,13-,14+,15+/m1/s1. The number of hydrogen-bond donors (Lipinski definition) is 1. The van der Waals surface area contributed by atoms with E-state index in [1.54, 1.807) is 24.3 Å². The first-order valence-corrected chi connectivity index (χ1v) is 8.57. The van der Waals surface area contributed by atoms with Crippen LogP contribution >= 0.6 is 11.6 Å². The molecule has 5 aliphatic rings. The third kappa shape index (κ3) is 1.79. The first-order chi connectivity index (χ1) is 11.6. The summed E-state index contributed by atoms with van der Waals surface area (Å²) in [5.74, 6) is -0.220. The Bertz CT molecular complexity index is 767. The lowest BCUT2D eigenvalue weighted by Gasteiger charge is -2.37. The number of nitrogens with one attached hydrogen (secondary N) is 1. The Labute approximate surface area is 143 Å². The third-order valence-electron chi connectivity index (χ3n) is 5.98. The van der Waals surface area contributed by atoms with Gasteiger partial charge in [0.1, 0.15) is 0 Å². The molecule has 2 bridgehead atoms. The summed E-state index contributed by atoms with van der Waals surface area (Å²) in [6, 6.07) is 6.33. The van der Waals surface area contributed by atoms with Crippen molar-refractivity contribution in [2.24, 2.45) is 35.5 Å². The van der Waals surface area contributed by atoms with E-state index in [4.69, 9.17) is 11.6 Å². The van der Waals surface area contributed by atoms with Gasteiger partial charge in [-0.2, -0.15) is 5.01 Å². The van der Waals surface area contributed by atoms with Crippen LogP contribution in [0.25, 0.3) is 0 Å². The van der Waals surface area contributed by atoms with Crippen molar-refractivity contribution in [2.75, 3.05) is 0 Å². The molecule has 0 spiro atoms. The molecule has 2 saturated carbocycles. The van der Waals surface area contributed by atoms with Crippen LogP contribution in [0.1, 0.15) is 16.8 Å². The molecule has 0 aromatic heterocycles. The van der Waals surface area contributed by atoms with Crippen molar-refractivity contribution in [2.45, 2.75) is 6.42 Å². The highest BCUT2D eigenvalue weighted by molar-refractivity contribution is 6.30. The molecular weight excluding hydrogens is 328 g/mol. The van der Waals surface area contributed by atoms with Crippen molar-refractivity contribution < 1.29 is 14.4 Å². The Kier molecular flexibility index (Phi) is 2.78. The van der Waals surface area contributed by atoms with Crippen LogP contribution in [0.5, 0.6) is 0 Å². The largest absolute Gasteiger partial charge is 0.272 e. The van der Waals surface area contributed by atoms with Crippen molar-refractivity contribution in [3.05, 3.63) is 47.0 Å². The molecule has 6 heteroatoms. The summed E-state index contributed by atoms with van der Waals surface area (Å²) in [6.07, 6.45) is 5.33. The summed E-state index contributed by atoms with van der Waals surface area (Å²) >= 11 is 5.82. The lowest BCUT2D eigenvalue weighted by molar-refractivity contribution is -0.143. The van der Waals surface area contributed by atoms with Crippen LogP contribution in [0.3, 0.4) is 0 Å². The molecule has 3 amide bonds. The number of rotatable bonds is 2. The summed E-state index contributed by atoms with van der Waals surface area (Å²) in [5, 5.41) is 1.47. The maximum atomic E-state index is 12.8. The summed E-state index contributed by atoms with van der Waals surface area (Å²) < 4.78 is 0. The Morgan fingerprint density at radius 3 is 2.08 bits per heavy atom. The van der Waals surface area contributed by atoms with Crippen molar-refractivity contribution >= 4 is 29.3 Å². The average Bonchev–Trinajstić information content (AvgIpc) is 3.36. The Morgan fingerprint density at radius 1 is 1.00 bits per heavy atom. The van der Waals surface area contributed by atoms with Gasteiger partial charge in [-0.15, -0.1) is 0 Å². The highest BCUT2D eigenvalue weighted by Gasteiger charge is 2.67. The number of nitrogens with zero attached hydrogens (tertiary/aromatic N) is 1. The van der Waals surface area contributed by atoms with E-state index in [2.05, 4.69) is 17.6 Å². The molecule has 0 unspecified atom stereocenters. The van der Waals surface area contributed by atoms with E-state index >= 15 is 0 Å². The SMILES string of the molecule is O=C(NN1C(=O)[C@H]2[C@@H]3C=C[C@H]([C@H]4C[C@H]34)[C@@H]2C1=O)c1ccc(Cl)cc1. The monoisotopic (exact) mass is 342 g/mol. The van der Waals surface area contributed by atoms with Gasteiger partial charge in [-0.25, -0.2) is 0 Å². The number of hydrazine groups is 1. The van der Waals surface area contributed by atoms with Gasteiger partial charge in [-0.1, -0.05) is 23.8 Å².